The van der Waals surface area contributed by atoms with Crippen LogP contribution in [0.2, 0.25) is 0 Å². The van der Waals surface area contributed by atoms with Crippen molar-refractivity contribution >= 4 is 10.9 Å². The highest BCUT2D eigenvalue weighted by molar-refractivity contribution is 5.83. The van der Waals surface area contributed by atoms with Gasteiger partial charge in [0.15, 0.2) is 11.6 Å². The highest BCUT2D eigenvalue weighted by atomic mass is 19.1. The molecule has 0 amide bonds. The largest absolute Gasteiger partial charge is 0.490 e. The molecule has 0 bridgehead atoms. The van der Waals surface area contributed by atoms with Crippen LogP contribution in [0, 0.1) is 5.82 Å². The van der Waals surface area contributed by atoms with Crippen molar-refractivity contribution in [2.24, 2.45) is 14.1 Å². The SMILES string of the molecule is Cn1nc([C@@H]2CN(Cc3cn(C)c4ccccc34)CCO2)cc1CCOc1ccccc1F. The molecule has 3 heterocycles. The lowest BCUT2D eigenvalue weighted by Crippen LogP contribution is -2.38. The van der Waals surface area contributed by atoms with E-state index in [9.17, 15) is 4.39 Å². The van der Waals surface area contributed by atoms with Crippen LogP contribution in [0.1, 0.15) is 23.1 Å². The van der Waals surface area contributed by atoms with Crippen LogP contribution in [-0.2, 0) is 31.8 Å². The van der Waals surface area contributed by atoms with E-state index in [-0.39, 0.29) is 17.7 Å². The summed E-state index contributed by atoms with van der Waals surface area (Å²) in [5, 5.41) is 6.01. The van der Waals surface area contributed by atoms with Crippen LogP contribution in [0.15, 0.2) is 60.8 Å². The average molecular weight is 449 g/mol. The van der Waals surface area contributed by atoms with Crippen molar-refractivity contribution in [3.05, 3.63) is 83.6 Å². The molecule has 6 nitrogen and oxygen atoms in total. The zero-order valence-corrected chi connectivity index (χ0v) is 19.1. The van der Waals surface area contributed by atoms with Crippen molar-refractivity contribution < 1.29 is 13.9 Å². The molecule has 33 heavy (non-hydrogen) atoms. The lowest BCUT2D eigenvalue weighted by molar-refractivity contribution is -0.0351. The van der Waals surface area contributed by atoms with Crippen LogP contribution in [0.4, 0.5) is 4.39 Å². The number of halogens is 1. The molecule has 0 saturated carbocycles. The Morgan fingerprint density at radius 1 is 1.12 bits per heavy atom. The molecular weight excluding hydrogens is 419 g/mol. The number of ether oxygens (including phenoxy) is 2. The van der Waals surface area contributed by atoms with Crippen molar-refractivity contribution in [1.29, 1.82) is 0 Å². The van der Waals surface area contributed by atoms with Gasteiger partial charge < -0.3 is 14.0 Å². The van der Waals surface area contributed by atoms with E-state index in [0.717, 1.165) is 31.0 Å². The van der Waals surface area contributed by atoms with Gasteiger partial charge >= 0.3 is 0 Å². The quantitative estimate of drug-likeness (QED) is 0.424. The minimum Gasteiger partial charge on any atom is -0.490 e. The van der Waals surface area contributed by atoms with Crippen LogP contribution in [-0.4, -0.2) is 45.6 Å². The van der Waals surface area contributed by atoms with Gasteiger partial charge in [-0.05, 0) is 29.8 Å². The van der Waals surface area contributed by atoms with E-state index < -0.39 is 0 Å². The molecule has 1 aliphatic rings. The fraction of sp³-hybridized carbons (Fsp3) is 0.346. The highest BCUT2D eigenvalue weighted by Crippen LogP contribution is 2.26. The van der Waals surface area contributed by atoms with E-state index in [0.29, 0.717) is 19.6 Å². The highest BCUT2D eigenvalue weighted by Gasteiger charge is 2.25. The summed E-state index contributed by atoms with van der Waals surface area (Å²) in [5.74, 6) is -0.0651. The van der Waals surface area contributed by atoms with Crippen LogP contribution in [0.25, 0.3) is 10.9 Å². The summed E-state index contributed by atoms with van der Waals surface area (Å²) in [7, 11) is 4.03. The Bertz CT molecular complexity index is 1250. The molecule has 0 aliphatic carbocycles. The van der Waals surface area contributed by atoms with Gasteiger partial charge in [0.2, 0.25) is 0 Å². The Labute approximate surface area is 193 Å². The molecule has 1 aliphatic heterocycles. The third kappa shape index (κ3) is 4.65. The molecule has 4 aromatic rings. The first-order valence-electron chi connectivity index (χ1n) is 11.4. The lowest BCUT2D eigenvalue weighted by Gasteiger charge is -2.32. The second kappa shape index (κ2) is 9.37. The normalized spacial score (nSPS) is 17.0. The van der Waals surface area contributed by atoms with Gasteiger partial charge in [0.05, 0.1) is 18.9 Å². The van der Waals surface area contributed by atoms with E-state index in [1.807, 2.05) is 11.7 Å². The monoisotopic (exact) mass is 448 g/mol. The molecule has 5 rings (SSSR count). The summed E-state index contributed by atoms with van der Waals surface area (Å²) in [5.41, 5.74) is 4.56. The number of aryl methyl sites for hydroxylation is 2. The van der Waals surface area contributed by atoms with Gasteiger partial charge in [-0.15, -0.1) is 0 Å². The van der Waals surface area contributed by atoms with Crippen molar-refractivity contribution in [1.82, 2.24) is 19.2 Å². The third-order valence-electron chi connectivity index (χ3n) is 6.30. The Hall–Kier alpha value is -3.16. The van der Waals surface area contributed by atoms with Crippen LogP contribution < -0.4 is 4.74 Å². The Balaban J connectivity index is 1.23. The molecule has 0 radical (unpaired) electrons. The lowest BCUT2D eigenvalue weighted by atomic mass is 10.1. The molecule has 172 valence electrons. The van der Waals surface area contributed by atoms with Gasteiger partial charge in [-0.2, -0.15) is 5.10 Å². The molecule has 2 aromatic heterocycles. The molecule has 0 unspecified atom stereocenters. The zero-order chi connectivity index (χ0) is 22.8. The summed E-state index contributed by atoms with van der Waals surface area (Å²) in [6, 6.07) is 17.1. The van der Waals surface area contributed by atoms with E-state index in [2.05, 4.69) is 53.0 Å². The number of benzene rings is 2. The first-order chi connectivity index (χ1) is 16.1. The Morgan fingerprint density at radius 3 is 2.82 bits per heavy atom. The average Bonchev–Trinajstić information content (AvgIpc) is 3.35. The van der Waals surface area contributed by atoms with Crippen LogP contribution in [0.5, 0.6) is 5.75 Å². The number of nitrogens with zero attached hydrogens (tertiary/aromatic N) is 4. The van der Waals surface area contributed by atoms with Gasteiger partial charge in [0.1, 0.15) is 6.10 Å². The van der Waals surface area contributed by atoms with E-state index in [1.54, 1.807) is 18.2 Å². The van der Waals surface area contributed by atoms with Crippen molar-refractivity contribution in [2.75, 3.05) is 26.3 Å². The first kappa shape index (κ1) is 21.7. The van der Waals surface area contributed by atoms with Crippen molar-refractivity contribution in [2.45, 2.75) is 19.1 Å². The maximum absolute atomic E-state index is 13.8. The van der Waals surface area contributed by atoms with E-state index >= 15 is 0 Å². The summed E-state index contributed by atoms with van der Waals surface area (Å²) >= 11 is 0. The van der Waals surface area contributed by atoms with Crippen molar-refractivity contribution in [3.8, 4) is 5.75 Å². The molecule has 7 heteroatoms. The number of morpholine rings is 1. The topological polar surface area (TPSA) is 44.5 Å². The summed E-state index contributed by atoms with van der Waals surface area (Å²) < 4.78 is 29.5. The number of rotatable bonds is 7. The summed E-state index contributed by atoms with van der Waals surface area (Å²) in [6.07, 6.45) is 2.80. The summed E-state index contributed by atoms with van der Waals surface area (Å²) in [6.45, 7) is 3.65. The van der Waals surface area contributed by atoms with Crippen molar-refractivity contribution in [3.63, 3.8) is 0 Å². The second-order valence-electron chi connectivity index (χ2n) is 8.59. The third-order valence-corrected chi connectivity index (χ3v) is 6.30. The van der Waals surface area contributed by atoms with Gasteiger partial charge in [0.25, 0.3) is 0 Å². The number of hydrogen-bond acceptors (Lipinski definition) is 4. The predicted octanol–water partition coefficient (Wildman–Crippen LogP) is 4.25. The number of fused-ring (bicyclic) bond motifs is 1. The minimum absolute atomic E-state index is 0.0684. The Morgan fingerprint density at radius 2 is 1.94 bits per heavy atom. The molecule has 1 saturated heterocycles. The van der Waals surface area contributed by atoms with Gasteiger partial charge in [-0.25, -0.2) is 4.39 Å². The standard InChI is InChI=1S/C26H29FN4O2/c1-29-16-19(21-7-3-5-9-24(21)29)17-31-12-14-33-26(18-31)23-15-20(30(2)28-23)11-13-32-25-10-6-4-8-22(25)27/h3-10,15-16,26H,11-14,17-18H2,1-2H3/t26-/m0/s1. The van der Waals surface area contributed by atoms with Crippen LogP contribution >= 0.6 is 0 Å². The Kier molecular flexibility index (Phi) is 6.15. The van der Waals surface area contributed by atoms with Gasteiger partial charge in [-0.1, -0.05) is 30.3 Å². The molecule has 1 fully saturated rings. The molecule has 0 N–H and O–H groups in total. The molecule has 0 spiro atoms. The van der Waals surface area contributed by atoms with Gasteiger partial charge in [0, 0.05) is 62.9 Å². The second-order valence-corrected chi connectivity index (χ2v) is 8.59. The molecule has 2 aromatic carbocycles. The maximum Gasteiger partial charge on any atom is 0.165 e. The predicted molar refractivity (Wildman–Crippen MR) is 126 cm³/mol. The minimum atomic E-state index is -0.343. The molecule has 1 atom stereocenters. The fourth-order valence-electron chi connectivity index (χ4n) is 4.57. The molecular formula is C26H29FN4O2. The van der Waals surface area contributed by atoms with Gasteiger partial charge in [-0.3, -0.25) is 9.58 Å². The smallest absolute Gasteiger partial charge is 0.165 e. The first-order valence-corrected chi connectivity index (χ1v) is 11.4. The fourth-order valence-corrected chi connectivity index (χ4v) is 4.57. The number of hydrogen-bond donors (Lipinski definition) is 0. The van der Waals surface area contributed by atoms with Crippen LogP contribution in [0.3, 0.4) is 0 Å². The summed E-state index contributed by atoms with van der Waals surface area (Å²) in [4.78, 5) is 2.44. The van der Waals surface area contributed by atoms with E-state index in [4.69, 9.17) is 14.6 Å². The number of aromatic nitrogens is 3. The number of para-hydroxylation sites is 2. The maximum atomic E-state index is 13.8. The van der Waals surface area contributed by atoms with E-state index in [1.165, 1.54) is 22.5 Å². The zero-order valence-electron chi connectivity index (χ0n) is 19.1.